The van der Waals surface area contributed by atoms with Gasteiger partial charge in [-0.25, -0.2) is 9.67 Å². The number of carbonyl (C=O) groups is 1. The van der Waals surface area contributed by atoms with Crippen LogP contribution in [0.25, 0.3) is 11.2 Å². The smallest absolute Gasteiger partial charge is 0.281 e. The lowest BCUT2D eigenvalue weighted by Gasteiger charge is -2.32. The normalized spacial score (nSPS) is 16.4. The fourth-order valence-electron chi connectivity index (χ4n) is 4.12. The van der Waals surface area contributed by atoms with Gasteiger partial charge in [0.2, 0.25) is 0 Å². The molecule has 0 radical (unpaired) electrons. The van der Waals surface area contributed by atoms with Gasteiger partial charge in [0.1, 0.15) is 5.82 Å². The van der Waals surface area contributed by atoms with Crippen LogP contribution in [0.4, 0.5) is 0 Å². The van der Waals surface area contributed by atoms with E-state index in [1.807, 2.05) is 59.5 Å². The minimum Gasteiger partial charge on any atom is -0.338 e. The topological polar surface area (TPSA) is 96.8 Å². The number of H-pyrrole nitrogens is 1. The van der Waals surface area contributed by atoms with Crippen LogP contribution < -0.4 is 5.56 Å². The highest BCUT2D eigenvalue weighted by molar-refractivity contribution is 6.31. The maximum atomic E-state index is 12.9. The molecule has 8 nitrogen and oxygen atoms in total. The minimum atomic E-state index is -0.332. The number of nitrogens with one attached hydrogen (secondary N) is 1. The molecule has 1 atom stereocenters. The van der Waals surface area contributed by atoms with E-state index in [4.69, 9.17) is 16.6 Å². The standard InChI is InChI=1S/C23H21ClN6O2/c24-18-11-5-4-9-16(18)14-30-21-19(27-28-30)22(31)26-20(25-21)17-10-6-12-29(13-17)23(32)15-7-2-1-3-8-15/h1-5,7-9,11,17H,6,10,12-14H2,(H,25,26,31)/t17-/m1/s1. The predicted molar refractivity (Wildman–Crippen MR) is 121 cm³/mol. The van der Waals surface area contributed by atoms with E-state index in [0.29, 0.717) is 41.7 Å². The fourth-order valence-corrected chi connectivity index (χ4v) is 4.31. The Balaban J connectivity index is 1.44. The van der Waals surface area contributed by atoms with Crippen molar-refractivity contribution in [3.63, 3.8) is 0 Å². The Bertz CT molecular complexity index is 1330. The summed E-state index contributed by atoms with van der Waals surface area (Å²) in [6, 6.07) is 16.7. The summed E-state index contributed by atoms with van der Waals surface area (Å²) in [5.41, 5.74) is 1.79. The molecule has 162 valence electrons. The van der Waals surface area contributed by atoms with Gasteiger partial charge in [0.05, 0.1) is 6.54 Å². The third-order valence-corrected chi connectivity index (χ3v) is 6.15. The number of hydrogen-bond donors (Lipinski definition) is 1. The summed E-state index contributed by atoms with van der Waals surface area (Å²) in [5.74, 6) is 0.470. The van der Waals surface area contributed by atoms with Crippen LogP contribution in [0.2, 0.25) is 5.02 Å². The molecule has 1 aliphatic heterocycles. The minimum absolute atomic E-state index is 0.0100. The van der Waals surface area contributed by atoms with Crippen molar-refractivity contribution in [2.75, 3.05) is 13.1 Å². The molecule has 0 unspecified atom stereocenters. The first-order chi connectivity index (χ1) is 15.6. The maximum Gasteiger partial charge on any atom is 0.281 e. The summed E-state index contributed by atoms with van der Waals surface area (Å²) in [7, 11) is 0. The first kappa shape index (κ1) is 20.4. The number of benzene rings is 2. The quantitative estimate of drug-likeness (QED) is 0.517. The molecule has 2 aromatic carbocycles. The molecule has 32 heavy (non-hydrogen) atoms. The van der Waals surface area contributed by atoms with Crippen molar-refractivity contribution < 1.29 is 4.79 Å². The number of nitrogens with zero attached hydrogens (tertiary/aromatic N) is 5. The monoisotopic (exact) mass is 448 g/mol. The first-order valence-electron chi connectivity index (χ1n) is 10.5. The number of piperidine rings is 1. The van der Waals surface area contributed by atoms with Gasteiger partial charge in [0, 0.05) is 29.6 Å². The molecule has 1 aliphatic rings. The van der Waals surface area contributed by atoms with E-state index < -0.39 is 0 Å². The van der Waals surface area contributed by atoms with Crippen molar-refractivity contribution in [1.82, 2.24) is 29.9 Å². The van der Waals surface area contributed by atoms with E-state index >= 15 is 0 Å². The summed E-state index contributed by atoms with van der Waals surface area (Å²) in [6.45, 7) is 1.53. The Labute approximate surface area is 188 Å². The molecule has 1 amide bonds. The lowest BCUT2D eigenvalue weighted by atomic mass is 9.96. The second kappa shape index (κ2) is 8.55. The van der Waals surface area contributed by atoms with Gasteiger partial charge < -0.3 is 9.88 Å². The van der Waals surface area contributed by atoms with Crippen LogP contribution in [-0.4, -0.2) is 48.9 Å². The van der Waals surface area contributed by atoms with Gasteiger partial charge in [-0.2, -0.15) is 0 Å². The van der Waals surface area contributed by atoms with Gasteiger partial charge in [-0.3, -0.25) is 9.59 Å². The molecule has 0 spiro atoms. The number of aromatic nitrogens is 5. The third-order valence-electron chi connectivity index (χ3n) is 5.79. The van der Waals surface area contributed by atoms with E-state index in [9.17, 15) is 9.59 Å². The molecule has 5 rings (SSSR count). The molecule has 9 heteroatoms. The Hall–Kier alpha value is -3.52. The van der Waals surface area contributed by atoms with Crippen molar-refractivity contribution in [3.8, 4) is 0 Å². The van der Waals surface area contributed by atoms with Crippen LogP contribution in [0, 0.1) is 0 Å². The van der Waals surface area contributed by atoms with Gasteiger partial charge in [-0.05, 0) is 36.6 Å². The molecule has 2 aromatic heterocycles. The zero-order valence-electron chi connectivity index (χ0n) is 17.2. The molecule has 3 heterocycles. The Kier molecular flexibility index (Phi) is 5.45. The Morgan fingerprint density at radius 3 is 2.72 bits per heavy atom. The average molecular weight is 449 g/mol. The second-order valence-corrected chi connectivity index (χ2v) is 8.33. The van der Waals surface area contributed by atoms with E-state index in [1.165, 1.54) is 0 Å². The highest BCUT2D eigenvalue weighted by Crippen LogP contribution is 2.26. The molecule has 4 aromatic rings. The average Bonchev–Trinajstić information content (AvgIpc) is 3.24. The molecular formula is C23H21ClN6O2. The molecule has 1 saturated heterocycles. The van der Waals surface area contributed by atoms with Gasteiger partial charge >= 0.3 is 0 Å². The van der Waals surface area contributed by atoms with Crippen LogP contribution in [0.1, 0.15) is 40.5 Å². The van der Waals surface area contributed by atoms with Gasteiger partial charge in [0.25, 0.3) is 11.5 Å². The summed E-state index contributed by atoms with van der Waals surface area (Å²) in [4.78, 5) is 35.0. The summed E-state index contributed by atoms with van der Waals surface area (Å²) >= 11 is 6.29. The zero-order chi connectivity index (χ0) is 22.1. The third kappa shape index (κ3) is 3.89. The lowest BCUT2D eigenvalue weighted by Crippen LogP contribution is -2.39. The number of fused-ring (bicyclic) bond motifs is 1. The van der Waals surface area contributed by atoms with Crippen LogP contribution in [0.5, 0.6) is 0 Å². The Morgan fingerprint density at radius 2 is 1.91 bits per heavy atom. The molecule has 1 N–H and O–H groups in total. The second-order valence-electron chi connectivity index (χ2n) is 7.92. The van der Waals surface area contributed by atoms with Crippen molar-refractivity contribution >= 4 is 28.7 Å². The van der Waals surface area contributed by atoms with E-state index in [0.717, 1.165) is 18.4 Å². The van der Waals surface area contributed by atoms with Crippen molar-refractivity contribution in [1.29, 1.82) is 0 Å². The summed E-state index contributed by atoms with van der Waals surface area (Å²) in [6.07, 6.45) is 1.67. The van der Waals surface area contributed by atoms with Crippen LogP contribution >= 0.6 is 11.6 Å². The number of hydrogen-bond acceptors (Lipinski definition) is 5. The van der Waals surface area contributed by atoms with Gasteiger partial charge in [-0.15, -0.1) is 5.10 Å². The highest BCUT2D eigenvalue weighted by atomic mass is 35.5. The molecule has 0 bridgehead atoms. The number of carbonyl (C=O) groups excluding carboxylic acids is 1. The predicted octanol–water partition coefficient (Wildman–Crippen LogP) is 3.24. The van der Waals surface area contributed by atoms with E-state index in [1.54, 1.807) is 4.68 Å². The fraction of sp³-hybridized carbons (Fsp3) is 0.261. The molecule has 0 aliphatic carbocycles. The highest BCUT2D eigenvalue weighted by Gasteiger charge is 2.28. The van der Waals surface area contributed by atoms with Gasteiger partial charge in [-0.1, -0.05) is 53.2 Å². The summed E-state index contributed by atoms with van der Waals surface area (Å²) in [5, 5.41) is 8.75. The summed E-state index contributed by atoms with van der Waals surface area (Å²) < 4.78 is 1.59. The first-order valence-corrected chi connectivity index (χ1v) is 10.9. The molecule has 1 fully saturated rings. The van der Waals surface area contributed by atoms with Crippen molar-refractivity contribution in [2.24, 2.45) is 0 Å². The zero-order valence-corrected chi connectivity index (χ0v) is 18.0. The SMILES string of the molecule is O=C(c1ccccc1)N1CCC[C@@H](c2nc3c(nnn3Cc3ccccc3Cl)c(=O)[nH]2)C1. The van der Waals surface area contributed by atoms with Crippen molar-refractivity contribution in [3.05, 3.63) is 86.9 Å². The number of likely N-dealkylation sites (tertiary alicyclic amines) is 1. The number of rotatable bonds is 4. The lowest BCUT2D eigenvalue weighted by molar-refractivity contribution is 0.0704. The number of aromatic amines is 1. The van der Waals surface area contributed by atoms with Crippen LogP contribution in [-0.2, 0) is 6.54 Å². The number of halogens is 1. The van der Waals surface area contributed by atoms with Crippen LogP contribution in [0.15, 0.2) is 59.4 Å². The Morgan fingerprint density at radius 1 is 1.12 bits per heavy atom. The van der Waals surface area contributed by atoms with E-state index in [-0.39, 0.29) is 22.9 Å². The van der Waals surface area contributed by atoms with Gasteiger partial charge in [0.15, 0.2) is 11.2 Å². The maximum absolute atomic E-state index is 12.9. The molecular weight excluding hydrogens is 428 g/mol. The number of amides is 1. The van der Waals surface area contributed by atoms with Crippen LogP contribution in [0.3, 0.4) is 0 Å². The van der Waals surface area contributed by atoms with Crippen molar-refractivity contribution in [2.45, 2.75) is 25.3 Å². The molecule has 0 saturated carbocycles. The van der Waals surface area contributed by atoms with E-state index in [2.05, 4.69) is 15.3 Å². The largest absolute Gasteiger partial charge is 0.338 e.